The zero-order valence-corrected chi connectivity index (χ0v) is 18.6. The number of piperidine rings is 1. The predicted molar refractivity (Wildman–Crippen MR) is 113 cm³/mol. The summed E-state index contributed by atoms with van der Waals surface area (Å²) in [5, 5.41) is 2.02. The summed E-state index contributed by atoms with van der Waals surface area (Å²) in [4.78, 5) is 27.3. The highest BCUT2D eigenvalue weighted by atomic mass is 32.2. The fourth-order valence-corrected chi connectivity index (χ4v) is 5.95. The summed E-state index contributed by atoms with van der Waals surface area (Å²) in [5.74, 6) is -0.192. The third-order valence-electron chi connectivity index (χ3n) is 5.43. The normalized spacial score (nSPS) is 16.0. The standard InChI is InChI=1S/C21H26N2O4S2/c1-15-10-13-28-20(15)14-22(3)21(25)18-8-11-23(12-9-18)29(26,27)19-6-4-17(5-7-19)16(2)24/h4-7,10,13,18H,8-9,11-12,14H2,1-3H3. The fourth-order valence-electron chi connectivity index (χ4n) is 3.52. The minimum atomic E-state index is -3.62. The van der Waals surface area contributed by atoms with Gasteiger partial charge in [0.1, 0.15) is 0 Å². The first-order valence-electron chi connectivity index (χ1n) is 9.59. The monoisotopic (exact) mass is 434 g/mol. The van der Waals surface area contributed by atoms with Gasteiger partial charge in [0.25, 0.3) is 0 Å². The van der Waals surface area contributed by atoms with Gasteiger partial charge in [-0.3, -0.25) is 9.59 Å². The number of Topliss-reactive ketones (excluding diaryl/α,β-unsaturated/α-hetero) is 1. The van der Waals surface area contributed by atoms with Gasteiger partial charge in [-0.25, -0.2) is 8.42 Å². The second kappa shape index (κ2) is 8.77. The van der Waals surface area contributed by atoms with Crippen LogP contribution in [0.1, 0.15) is 40.6 Å². The van der Waals surface area contributed by atoms with Crippen molar-refractivity contribution in [2.24, 2.45) is 5.92 Å². The molecule has 0 unspecified atom stereocenters. The Bertz CT molecular complexity index is 988. The average molecular weight is 435 g/mol. The first kappa shape index (κ1) is 21.7. The number of carbonyl (C=O) groups is 2. The number of nitrogens with zero attached hydrogens (tertiary/aromatic N) is 2. The van der Waals surface area contributed by atoms with Crippen LogP contribution in [0.2, 0.25) is 0 Å². The fraction of sp³-hybridized carbons (Fsp3) is 0.429. The number of sulfonamides is 1. The van der Waals surface area contributed by atoms with Gasteiger partial charge < -0.3 is 4.90 Å². The van der Waals surface area contributed by atoms with E-state index in [0.29, 0.717) is 38.0 Å². The third-order valence-corrected chi connectivity index (χ3v) is 8.35. The molecule has 0 radical (unpaired) electrons. The van der Waals surface area contributed by atoms with E-state index in [0.717, 1.165) is 0 Å². The molecule has 29 heavy (non-hydrogen) atoms. The van der Waals surface area contributed by atoms with Gasteiger partial charge in [-0.1, -0.05) is 12.1 Å². The summed E-state index contributed by atoms with van der Waals surface area (Å²) in [6, 6.07) is 8.06. The molecule has 2 aromatic rings. The van der Waals surface area contributed by atoms with E-state index in [1.807, 2.05) is 18.4 Å². The van der Waals surface area contributed by atoms with Crippen LogP contribution >= 0.6 is 11.3 Å². The highest BCUT2D eigenvalue weighted by molar-refractivity contribution is 7.89. The molecule has 0 aliphatic carbocycles. The van der Waals surface area contributed by atoms with Gasteiger partial charge in [0, 0.05) is 36.5 Å². The quantitative estimate of drug-likeness (QED) is 0.654. The topological polar surface area (TPSA) is 74.8 Å². The molecule has 1 amide bonds. The molecule has 156 valence electrons. The molecule has 1 fully saturated rings. The van der Waals surface area contributed by atoms with Gasteiger partial charge in [-0.2, -0.15) is 4.31 Å². The van der Waals surface area contributed by atoms with Crippen molar-refractivity contribution in [2.75, 3.05) is 20.1 Å². The highest BCUT2D eigenvalue weighted by Crippen LogP contribution is 2.26. The molecule has 0 saturated carbocycles. The second-order valence-corrected chi connectivity index (χ2v) is 10.4. The lowest BCUT2D eigenvalue weighted by molar-refractivity contribution is -0.135. The lowest BCUT2D eigenvalue weighted by Gasteiger charge is -2.32. The summed E-state index contributed by atoms with van der Waals surface area (Å²) < 4.78 is 27.2. The number of rotatable bonds is 6. The van der Waals surface area contributed by atoms with Crippen LogP contribution in [-0.4, -0.2) is 49.5 Å². The number of carbonyl (C=O) groups excluding carboxylic acids is 2. The van der Waals surface area contributed by atoms with Crippen LogP contribution in [0.4, 0.5) is 0 Å². The number of hydrogen-bond acceptors (Lipinski definition) is 5. The van der Waals surface area contributed by atoms with Gasteiger partial charge >= 0.3 is 0 Å². The Kier molecular flexibility index (Phi) is 6.55. The van der Waals surface area contributed by atoms with Crippen molar-refractivity contribution in [3.05, 3.63) is 51.7 Å². The Labute approximate surface area is 176 Å². The number of thiophene rings is 1. The van der Waals surface area contributed by atoms with Crippen molar-refractivity contribution < 1.29 is 18.0 Å². The van der Waals surface area contributed by atoms with Crippen LogP contribution < -0.4 is 0 Å². The molecule has 0 N–H and O–H groups in total. The zero-order chi connectivity index (χ0) is 21.2. The molecule has 1 aromatic heterocycles. The van der Waals surface area contributed by atoms with Gasteiger partial charge in [0.15, 0.2) is 5.78 Å². The number of benzene rings is 1. The Morgan fingerprint density at radius 3 is 2.28 bits per heavy atom. The van der Waals surface area contributed by atoms with E-state index < -0.39 is 10.0 Å². The summed E-state index contributed by atoms with van der Waals surface area (Å²) >= 11 is 1.64. The smallest absolute Gasteiger partial charge is 0.243 e. The summed E-state index contributed by atoms with van der Waals surface area (Å²) in [6.45, 7) is 4.71. The lowest BCUT2D eigenvalue weighted by atomic mass is 9.96. The summed E-state index contributed by atoms with van der Waals surface area (Å²) in [6.07, 6.45) is 1.02. The van der Waals surface area contributed by atoms with E-state index in [4.69, 9.17) is 0 Å². The first-order chi connectivity index (χ1) is 13.7. The van der Waals surface area contributed by atoms with Crippen molar-refractivity contribution in [1.82, 2.24) is 9.21 Å². The van der Waals surface area contributed by atoms with Crippen LogP contribution in [0.15, 0.2) is 40.6 Å². The van der Waals surface area contributed by atoms with Gasteiger partial charge in [-0.15, -0.1) is 11.3 Å². The molecular weight excluding hydrogens is 408 g/mol. The molecular formula is C21H26N2O4S2. The Balaban J connectivity index is 1.61. The Hall–Kier alpha value is -2.03. The number of amides is 1. The molecule has 0 spiro atoms. The van der Waals surface area contributed by atoms with E-state index in [9.17, 15) is 18.0 Å². The number of hydrogen-bond donors (Lipinski definition) is 0. The molecule has 3 rings (SSSR count). The Morgan fingerprint density at radius 2 is 1.76 bits per heavy atom. The van der Waals surface area contributed by atoms with E-state index in [1.165, 1.54) is 45.9 Å². The maximum Gasteiger partial charge on any atom is 0.243 e. The minimum absolute atomic E-state index is 0.0701. The average Bonchev–Trinajstić information content (AvgIpc) is 3.12. The van der Waals surface area contributed by atoms with E-state index >= 15 is 0 Å². The molecule has 8 heteroatoms. The van der Waals surface area contributed by atoms with Crippen molar-refractivity contribution in [3.8, 4) is 0 Å². The number of ketones is 1. The van der Waals surface area contributed by atoms with Crippen LogP contribution in [0.3, 0.4) is 0 Å². The van der Waals surface area contributed by atoms with Crippen LogP contribution in [0.25, 0.3) is 0 Å². The Morgan fingerprint density at radius 1 is 1.14 bits per heavy atom. The predicted octanol–water partition coefficient (Wildman–Crippen LogP) is 3.32. The summed E-state index contributed by atoms with van der Waals surface area (Å²) in [7, 11) is -1.81. The molecule has 0 atom stereocenters. The molecule has 1 aliphatic rings. The van der Waals surface area contributed by atoms with Crippen molar-refractivity contribution in [1.29, 1.82) is 0 Å². The molecule has 1 saturated heterocycles. The maximum atomic E-state index is 12.9. The van der Waals surface area contributed by atoms with Gasteiger partial charge in [-0.05, 0) is 55.8 Å². The van der Waals surface area contributed by atoms with Crippen molar-refractivity contribution in [2.45, 2.75) is 38.1 Å². The number of aryl methyl sites for hydroxylation is 1. The van der Waals surface area contributed by atoms with Crippen molar-refractivity contribution in [3.63, 3.8) is 0 Å². The first-order valence-corrected chi connectivity index (χ1v) is 11.9. The minimum Gasteiger partial charge on any atom is -0.340 e. The van der Waals surface area contributed by atoms with E-state index in [-0.39, 0.29) is 22.5 Å². The molecule has 1 aromatic carbocycles. The summed E-state index contributed by atoms with van der Waals surface area (Å²) in [5.41, 5.74) is 1.67. The van der Waals surface area contributed by atoms with Crippen LogP contribution in [0.5, 0.6) is 0 Å². The largest absolute Gasteiger partial charge is 0.340 e. The molecule has 2 heterocycles. The maximum absolute atomic E-state index is 12.9. The van der Waals surface area contributed by atoms with Gasteiger partial charge in [0.2, 0.25) is 15.9 Å². The SMILES string of the molecule is CC(=O)c1ccc(S(=O)(=O)N2CCC(C(=O)N(C)Cc3sccc3C)CC2)cc1. The second-order valence-electron chi connectivity index (χ2n) is 7.48. The van der Waals surface area contributed by atoms with Crippen molar-refractivity contribution >= 4 is 33.1 Å². The van der Waals surface area contributed by atoms with E-state index in [2.05, 4.69) is 0 Å². The molecule has 0 bridgehead atoms. The van der Waals surface area contributed by atoms with Crippen LogP contribution in [-0.2, 0) is 21.4 Å². The third kappa shape index (κ3) is 4.76. The molecule has 6 nitrogen and oxygen atoms in total. The zero-order valence-electron chi connectivity index (χ0n) is 16.9. The lowest BCUT2D eigenvalue weighted by Crippen LogP contribution is -2.43. The van der Waals surface area contributed by atoms with Gasteiger partial charge in [0.05, 0.1) is 11.4 Å². The highest BCUT2D eigenvalue weighted by Gasteiger charge is 2.33. The van der Waals surface area contributed by atoms with E-state index in [1.54, 1.807) is 23.3 Å². The van der Waals surface area contributed by atoms with Crippen LogP contribution in [0, 0.1) is 12.8 Å². The molecule has 1 aliphatic heterocycles.